The molecule has 18 heavy (non-hydrogen) atoms. The maximum Gasteiger partial charge on any atom is 0.350 e. The van der Waals surface area contributed by atoms with E-state index in [1.165, 1.54) is 12.1 Å². The molecule has 0 aliphatic carbocycles. The fraction of sp³-hybridized carbons (Fsp3) is 0.0833. The van der Waals surface area contributed by atoms with Crippen molar-refractivity contribution in [2.45, 2.75) is 6.92 Å². The molecule has 0 atom stereocenters. The summed E-state index contributed by atoms with van der Waals surface area (Å²) < 4.78 is 17.5. The van der Waals surface area contributed by atoms with Crippen LogP contribution in [0, 0.1) is 12.7 Å². The Labute approximate surface area is 106 Å². The van der Waals surface area contributed by atoms with Crippen LogP contribution in [-0.2, 0) is 0 Å². The lowest BCUT2D eigenvalue weighted by atomic mass is 10.0. The van der Waals surface area contributed by atoms with Gasteiger partial charge in [0.25, 0.3) is 0 Å². The van der Waals surface area contributed by atoms with Crippen LogP contribution in [0.5, 0.6) is 11.7 Å². The predicted molar refractivity (Wildman–Crippen MR) is 63.4 cm³/mol. The molecule has 0 aliphatic rings. The Bertz CT molecular complexity index is 679. The minimum Gasteiger partial charge on any atom is -0.505 e. The maximum absolute atomic E-state index is 13.0. The molecule has 1 aromatic heterocycles. The Morgan fingerprint density at radius 2 is 2.00 bits per heavy atom. The average molecular weight is 271 g/mol. The highest BCUT2D eigenvalue weighted by molar-refractivity contribution is 6.33. The molecule has 0 bridgehead atoms. The maximum atomic E-state index is 13.0. The van der Waals surface area contributed by atoms with Gasteiger partial charge in [-0.2, -0.15) is 0 Å². The summed E-state index contributed by atoms with van der Waals surface area (Å²) in [5.74, 6) is -1.92. The van der Waals surface area contributed by atoms with Gasteiger partial charge >= 0.3 is 11.6 Å². The smallest absolute Gasteiger partial charge is 0.350 e. The molecule has 4 nitrogen and oxygen atoms in total. The van der Waals surface area contributed by atoms with E-state index in [2.05, 4.69) is 4.42 Å². The van der Waals surface area contributed by atoms with Gasteiger partial charge in [-0.05, 0) is 30.2 Å². The summed E-state index contributed by atoms with van der Waals surface area (Å²) in [6, 6.07) is 3.67. The van der Waals surface area contributed by atoms with Gasteiger partial charge in [-0.25, -0.2) is 9.18 Å². The third-order valence-corrected chi connectivity index (χ3v) is 2.82. The molecule has 0 radical (unpaired) electrons. The number of rotatable bonds is 1. The number of halogens is 2. The summed E-state index contributed by atoms with van der Waals surface area (Å²) in [6.07, 6.45) is 0. The van der Waals surface area contributed by atoms with Gasteiger partial charge in [0.05, 0.1) is 0 Å². The van der Waals surface area contributed by atoms with E-state index in [1.807, 2.05) is 0 Å². The van der Waals surface area contributed by atoms with Crippen LogP contribution in [0.4, 0.5) is 4.39 Å². The van der Waals surface area contributed by atoms with Crippen molar-refractivity contribution in [1.82, 2.24) is 0 Å². The van der Waals surface area contributed by atoms with E-state index in [-0.39, 0.29) is 11.1 Å². The molecule has 1 heterocycles. The van der Waals surface area contributed by atoms with E-state index < -0.39 is 28.2 Å². The minimum absolute atomic E-state index is 0.213. The highest BCUT2D eigenvalue weighted by atomic mass is 35.5. The second kappa shape index (κ2) is 4.34. The number of hydrogen-bond acceptors (Lipinski definition) is 4. The van der Waals surface area contributed by atoms with E-state index in [9.17, 15) is 14.3 Å². The summed E-state index contributed by atoms with van der Waals surface area (Å²) in [5.41, 5.74) is -0.455. The van der Waals surface area contributed by atoms with Gasteiger partial charge in [-0.3, -0.25) is 0 Å². The summed E-state index contributed by atoms with van der Waals surface area (Å²) in [5, 5.41) is 18.4. The van der Waals surface area contributed by atoms with Crippen molar-refractivity contribution in [2.24, 2.45) is 0 Å². The van der Waals surface area contributed by atoms with Crippen LogP contribution in [0.15, 0.2) is 27.4 Å². The van der Waals surface area contributed by atoms with Crippen molar-refractivity contribution in [1.29, 1.82) is 0 Å². The second-order valence-electron chi connectivity index (χ2n) is 3.69. The van der Waals surface area contributed by atoms with Gasteiger partial charge < -0.3 is 14.6 Å². The molecule has 0 spiro atoms. The van der Waals surface area contributed by atoms with Crippen molar-refractivity contribution in [3.8, 4) is 22.8 Å². The molecule has 1 aromatic carbocycles. The van der Waals surface area contributed by atoms with Crippen LogP contribution in [-0.4, -0.2) is 10.2 Å². The molecule has 0 fully saturated rings. The van der Waals surface area contributed by atoms with Gasteiger partial charge in [0.15, 0.2) is 10.8 Å². The zero-order valence-corrected chi connectivity index (χ0v) is 9.95. The van der Waals surface area contributed by atoms with Crippen molar-refractivity contribution >= 4 is 11.6 Å². The fourth-order valence-electron chi connectivity index (χ4n) is 1.64. The molecule has 6 heteroatoms. The molecule has 2 rings (SSSR count). The molecule has 94 valence electrons. The first kappa shape index (κ1) is 12.4. The van der Waals surface area contributed by atoms with Crippen molar-refractivity contribution in [3.63, 3.8) is 0 Å². The van der Waals surface area contributed by atoms with Gasteiger partial charge in [0, 0.05) is 0 Å². The first-order valence-electron chi connectivity index (χ1n) is 4.93. The van der Waals surface area contributed by atoms with Crippen LogP contribution < -0.4 is 5.63 Å². The molecular formula is C12H8ClFO4. The highest BCUT2D eigenvalue weighted by Gasteiger charge is 2.20. The van der Waals surface area contributed by atoms with Gasteiger partial charge in [-0.15, -0.1) is 0 Å². The number of aromatic hydroxyl groups is 2. The first-order valence-corrected chi connectivity index (χ1v) is 5.30. The summed E-state index contributed by atoms with van der Waals surface area (Å²) in [6.45, 7) is 1.57. The largest absolute Gasteiger partial charge is 0.505 e. The molecule has 0 aliphatic heterocycles. The highest BCUT2D eigenvalue weighted by Crippen LogP contribution is 2.38. The van der Waals surface area contributed by atoms with Gasteiger partial charge in [0.2, 0.25) is 0 Å². The van der Waals surface area contributed by atoms with E-state index in [4.69, 9.17) is 16.7 Å². The number of hydrogen-bond donors (Lipinski definition) is 2. The minimum atomic E-state index is -0.955. The first-order chi connectivity index (χ1) is 8.41. The molecule has 0 saturated heterocycles. The van der Waals surface area contributed by atoms with Crippen LogP contribution in [0.25, 0.3) is 11.1 Å². The average Bonchev–Trinajstić information content (AvgIpc) is 2.29. The Morgan fingerprint density at radius 3 is 2.61 bits per heavy atom. The Hall–Kier alpha value is -2.01. The van der Waals surface area contributed by atoms with Gasteiger partial charge in [-0.1, -0.05) is 17.7 Å². The molecular weight excluding hydrogens is 263 g/mol. The van der Waals surface area contributed by atoms with E-state index in [0.717, 1.165) is 6.07 Å². The normalized spacial score (nSPS) is 10.6. The summed E-state index contributed by atoms with van der Waals surface area (Å²) in [7, 11) is 0. The zero-order valence-electron chi connectivity index (χ0n) is 9.20. The van der Waals surface area contributed by atoms with E-state index in [0.29, 0.717) is 5.56 Å². The summed E-state index contributed by atoms with van der Waals surface area (Å²) >= 11 is 5.58. The van der Waals surface area contributed by atoms with Crippen LogP contribution in [0.1, 0.15) is 5.56 Å². The van der Waals surface area contributed by atoms with Crippen LogP contribution >= 0.6 is 11.6 Å². The number of benzene rings is 1. The monoisotopic (exact) mass is 270 g/mol. The molecule has 2 aromatic rings. The Kier molecular flexibility index (Phi) is 3.00. The fourth-order valence-corrected chi connectivity index (χ4v) is 1.77. The topological polar surface area (TPSA) is 70.7 Å². The summed E-state index contributed by atoms with van der Waals surface area (Å²) in [4.78, 5) is 11.6. The zero-order chi connectivity index (χ0) is 13.4. The quantitative estimate of drug-likeness (QED) is 0.836. The predicted octanol–water partition coefficient (Wildman–Crippen LogP) is 2.82. The second-order valence-corrected chi connectivity index (χ2v) is 4.07. The lowest BCUT2D eigenvalue weighted by molar-refractivity contribution is 0.305. The van der Waals surface area contributed by atoms with Gasteiger partial charge in [0.1, 0.15) is 11.4 Å². The Balaban J connectivity index is 2.79. The third-order valence-electron chi connectivity index (χ3n) is 2.48. The molecule has 2 N–H and O–H groups in total. The standard InChI is InChI=1S/C12H8ClFO4/c1-5-4-6(14)2-3-7(5)8-10(15)9(13)12(17)18-11(8)16/h2-4,15,17H,1H3. The lowest BCUT2D eigenvalue weighted by Crippen LogP contribution is -2.04. The molecule has 0 saturated carbocycles. The SMILES string of the molecule is Cc1cc(F)ccc1-c1c(O)c(Cl)c(O)oc1=O. The van der Waals surface area contributed by atoms with Crippen molar-refractivity contribution in [3.05, 3.63) is 45.0 Å². The lowest BCUT2D eigenvalue weighted by Gasteiger charge is -2.08. The molecule has 0 amide bonds. The third kappa shape index (κ3) is 1.93. The van der Waals surface area contributed by atoms with Crippen molar-refractivity contribution < 1.29 is 19.0 Å². The Morgan fingerprint density at radius 1 is 1.33 bits per heavy atom. The van der Waals surface area contributed by atoms with E-state index in [1.54, 1.807) is 6.92 Å². The van der Waals surface area contributed by atoms with Crippen LogP contribution in [0.2, 0.25) is 5.02 Å². The van der Waals surface area contributed by atoms with E-state index >= 15 is 0 Å². The number of aryl methyl sites for hydroxylation is 1. The van der Waals surface area contributed by atoms with Crippen LogP contribution in [0.3, 0.4) is 0 Å². The van der Waals surface area contributed by atoms with Crippen molar-refractivity contribution in [2.75, 3.05) is 0 Å². The molecule has 0 unspecified atom stereocenters.